The maximum Gasteiger partial charge on any atom is 0.313 e. The first kappa shape index (κ1) is 27.3. The quantitative estimate of drug-likeness (QED) is 0.162. The standard InChI is InChI=1S/C28H25FN2O5S/c1-2-36-26(33)17-22(32)18-37-23-13-8-12-21(16-23)30-28(35)25(15-20-11-6-7-14-24(20)29)31-27(34)19-9-4-3-5-10-19/h3-16H,2,17-18H2,1H3,(H,30,35)(H,31,34)/b25-15+. The highest BCUT2D eigenvalue weighted by Gasteiger charge is 2.16. The normalized spacial score (nSPS) is 10.9. The van der Waals surface area contributed by atoms with Crippen molar-refractivity contribution in [2.75, 3.05) is 17.7 Å². The van der Waals surface area contributed by atoms with E-state index in [0.717, 1.165) is 0 Å². The number of esters is 1. The van der Waals surface area contributed by atoms with Crippen molar-refractivity contribution in [2.45, 2.75) is 18.2 Å². The van der Waals surface area contributed by atoms with Crippen LogP contribution in [0.3, 0.4) is 0 Å². The van der Waals surface area contributed by atoms with Crippen LogP contribution in [0.25, 0.3) is 6.08 Å². The van der Waals surface area contributed by atoms with Gasteiger partial charge in [-0.1, -0.05) is 42.5 Å². The van der Waals surface area contributed by atoms with Crippen LogP contribution in [0.4, 0.5) is 10.1 Å². The molecule has 0 spiro atoms. The summed E-state index contributed by atoms with van der Waals surface area (Å²) in [6.07, 6.45) is 0.959. The van der Waals surface area contributed by atoms with Crippen molar-refractivity contribution in [1.29, 1.82) is 0 Å². The molecule has 0 atom stereocenters. The molecule has 7 nitrogen and oxygen atoms in total. The molecule has 0 aliphatic carbocycles. The number of amides is 2. The van der Waals surface area contributed by atoms with Crippen LogP contribution in [0.1, 0.15) is 29.3 Å². The smallest absolute Gasteiger partial charge is 0.313 e. The number of rotatable bonds is 11. The number of anilines is 1. The third-order valence-corrected chi connectivity index (χ3v) is 5.93. The molecular formula is C28H25FN2O5S. The van der Waals surface area contributed by atoms with Crippen molar-refractivity contribution < 1.29 is 28.3 Å². The van der Waals surface area contributed by atoms with Gasteiger partial charge in [-0.3, -0.25) is 19.2 Å². The number of Topliss-reactive ketones (excluding diaryl/α,β-unsaturated/α-hetero) is 1. The summed E-state index contributed by atoms with van der Waals surface area (Å²) in [6, 6.07) is 21.0. The predicted molar refractivity (Wildman–Crippen MR) is 140 cm³/mol. The third-order valence-electron chi connectivity index (χ3n) is 4.87. The number of ether oxygens (including phenoxy) is 1. The first-order valence-corrected chi connectivity index (χ1v) is 12.4. The number of ketones is 1. The van der Waals surface area contributed by atoms with Gasteiger partial charge in [-0.05, 0) is 49.4 Å². The summed E-state index contributed by atoms with van der Waals surface area (Å²) in [4.78, 5) is 50.0. The highest BCUT2D eigenvalue weighted by Crippen LogP contribution is 2.23. The van der Waals surface area contributed by atoms with E-state index in [0.29, 0.717) is 16.1 Å². The van der Waals surface area contributed by atoms with E-state index in [1.807, 2.05) is 0 Å². The van der Waals surface area contributed by atoms with Gasteiger partial charge in [0, 0.05) is 21.7 Å². The lowest BCUT2D eigenvalue weighted by Gasteiger charge is -2.12. The molecule has 0 bridgehead atoms. The lowest BCUT2D eigenvalue weighted by Crippen LogP contribution is -2.30. The fraction of sp³-hybridized carbons (Fsp3) is 0.143. The maximum atomic E-state index is 14.3. The fourth-order valence-electron chi connectivity index (χ4n) is 3.14. The van der Waals surface area contributed by atoms with Gasteiger partial charge in [-0.25, -0.2) is 4.39 Å². The molecule has 2 N–H and O–H groups in total. The van der Waals surface area contributed by atoms with Crippen molar-refractivity contribution >= 4 is 47.1 Å². The van der Waals surface area contributed by atoms with E-state index in [1.54, 1.807) is 67.6 Å². The van der Waals surface area contributed by atoms with E-state index >= 15 is 0 Å². The number of nitrogens with one attached hydrogen (secondary N) is 2. The minimum absolute atomic E-state index is 0.0573. The largest absolute Gasteiger partial charge is 0.466 e. The van der Waals surface area contributed by atoms with Gasteiger partial charge in [0.1, 0.15) is 17.9 Å². The Bertz CT molecular complexity index is 1310. The van der Waals surface area contributed by atoms with Crippen LogP contribution in [0.5, 0.6) is 0 Å². The van der Waals surface area contributed by atoms with E-state index in [2.05, 4.69) is 10.6 Å². The minimum atomic E-state index is -0.659. The van der Waals surface area contributed by atoms with Crippen LogP contribution in [0, 0.1) is 5.82 Å². The molecule has 0 radical (unpaired) electrons. The molecule has 0 aliphatic heterocycles. The van der Waals surface area contributed by atoms with E-state index in [-0.39, 0.29) is 35.8 Å². The topological polar surface area (TPSA) is 102 Å². The van der Waals surface area contributed by atoms with Gasteiger partial charge < -0.3 is 15.4 Å². The van der Waals surface area contributed by atoms with Crippen LogP contribution in [0.2, 0.25) is 0 Å². The van der Waals surface area contributed by atoms with E-state index in [1.165, 1.54) is 36.0 Å². The molecule has 9 heteroatoms. The Morgan fingerprint density at radius 1 is 0.946 bits per heavy atom. The number of thioether (sulfide) groups is 1. The number of carbonyl (C=O) groups excluding carboxylic acids is 4. The second kappa shape index (κ2) is 13.7. The summed E-state index contributed by atoms with van der Waals surface area (Å²) in [5.74, 6) is -2.53. The highest BCUT2D eigenvalue weighted by atomic mass is 32.2. The number of carbonyl (C=O) groups is 4. The number of hydrogen-bond donors (Lipinski definition) is 2. The number of halogens is 1. The summed E-state index contributed by atoms with van der Waals surface area (Å²) in [6.45, 7) is 1.88. The van der Waals surface area contributed by atoms with E-state index < -0.39 is 23.6 Å². The molecule has 0 aliphatic rings. The van der Waals surface area contributed by atoms with Crippen molar-refractivity contribution in [3.63, 3.8) is 0 Å². The molecule has 3 aromatic rings. The predicted octanol–water partition coefficient (Wildman–Crippen LogP) is 4.85. The summed E-state index contributed by atoms with van der Waals surface area (Å²) >= 11 is 1.21. The first-order chi connectivity index (χ1) is 17.9. The second-order valence-corrected chi connectivity index (χ2v) is 8.74. The molecule has 0 saturated heterocycles. The fourth-order valence-corrected chi connectivity index (χ4v) is 3.95. The van der Waals surface area contributed by atoms with E-state index in [4.69, 9.17) is 4.74 Å². The lowest BCUT2D eigenvalue weighted by molar-refractivity contribution is -0.145. The highest BCUT2D eigenvalue weighted by molar-refractivity contribution is 8.00. The molecular weight excluding hydrogens is 495 g/mol. The first-order valence-electron chi connectivity index (χ1n) is 11.4. The average Bonchev–Trinajstić information content (AvgIpc) is 2.89. The zero-order valence-electron chi connectivity index (χ0n) is 20.0. The monoisotopic (exact) mass is 520 g/mol. The minimum Gasteiger partial charge on any atom is -0.466 e. The Labute approximate surface area is 218 Å². The molecule has 2 amide bonds. The summed E-state index contributed by atoms with van der Waals surface area (Å²) < 4.78 is 19.1. The average molecular weight is 521 g/mol. The molecule has 0 unspecified atom stereocenters. The molecule has 0 heterocycles. The number of hydrogen-bond acceptors (Lipinski definition) is 6. The molecule has 3 aromatic carbocycles. The Morgan fingerprint density at radius 2 is 1.68 bits per heavy atom. The van der Waals surface area contributed by atoms with Crippen LogP contribution < -0.4 is 10.6 Å². The zero-order valence-corrected chi connectivity index (χ0v) is 20.8. The Morgan fingerprint density at radius 3 is 2.41 bits per heavy atom. The molecule has 0 saturated carbocycles. The van der Waals surface area contributed by atoms with Crippen molar-refractivity contribution in [2.24, 2.45) is 0 Å². The molecule has 37 heavy (non-hydrogen) atoms. The molecule has 0 fully saturated rings. The summed E-state index contributed by atoms with van der Waals surface area (Å²) in [5.41, 5.74) is 0.717. The SMILES string of the molecule is CCOC(=O)CC(=O)CSc1cccc(NC(=O)/C(=C\c2ccccc2F)NC(=O)c2ccccc2)c1. The van der Waals surface area contributed by atoms with Gasteiger partial charge >= 0.3 is 5.97 Å². The van der Waals surface area contributed by atoms with Crippen LogP contribution >= 0.6 is 11.8 Å². The Kier molecular flexibility index (Phi) is 10.2. The van der Waals surface area contributed by atoms with Gasteiger partial charge in [0.05, 0.1) is 12.4 Å². The van der Waals surface area contributed by atoms with Gasteiger partial charge in [-0.2, -0.15) is 0 Å². The molecule has 190 valence electrons. The van der Waals surface area contributed by atoms with Crippen molar-refractivity contribution in [1.82, 2.24) is 5.32 Å². The summed E-state index contributed by atoms with van der Waals surface area (Å²) in [7, 11) is 0. The second-order valence-electron chi connectivity index (χ2n) is 7.69. The van der Waals surface area contributed by atoms with Crippen LogP contribution in [-0.2, 0) is 19.1 Å². The summed E-state index contributed by atoms with van der Waals surface area (Å²) in [5, 5.41) is 5.26. The van der Waals surface area contributed by atoms with Crippen LogP contribution in [-0.4, -0.2) is 35.9 Å². The van der Waals surface area contributed by atoms with Gasteiger partial charge in [0.25, 0.3) is 11.8 Å². The van der Waals surface area contributed by atoms with Crippen molar-refractivity contribution in [3.05, 3.63) is 102 Å². The Hall–Kier alpha value is -4.24. The Balaban J connectivity index is 1.74. The third kappa shape index (κ3) is 8.73. The van der Waals surface area contributed by atoms with Crippen LogP contribution in [0.15, 0.2) is 89.5 Å². The van der Waals surface area contributed by atoms with Gasteiger partial charge in [-0.15, -0.1) is 11.8 Å². The van der Waals surface area contributed by atoms with Crippen molar-refractivity contribution in [3.8, 4) is 0 Å². The lowest BCUT2D eigenvalue weighted by atomic mass is 10.1. The maximum absolute atomic E-state index is 14.3. The zero-order chi connectivity index (χ0) is 26.6. The molecule has 0 aromatic heterocycles. The van der Waals surface area contributed by atoms with Gasteiger partial charge in [0.15, 0.2) is 5.78 Å². The van der Waals surface area contributed by atoms with E-state index in [9.17, 15) is 23.6 Å². The number of benzene rings is 3. The van der Waals surface area contributed by atoms with Gasteiger partial charge in [0.2, 0.25) is 0 Å². The molecule has 3 rings (SSSR count).